The van der Waals surface area contributed by atoms with Crippen molar-refractivity contribution in [3.63, 3.8) is 0 Å². The molecule has 6 heteroatoms. The van der Waals surface area contributed by atoms with Gasteiger partial charge >= 0.3 is 5.69 Å². The Hall–Kier alpha value is -1.07. The second-order valence-corrected chi connectivity index (χ2v) is 4.60. The molecule has 0 spiro atoms. The van der Waals surface area contributed by atoms with E-state index >= 15 is 0 Å². The van der Waals surface area contributed by atoms with E-state index in [0.29, 0.717) is 5.56 Å². The molecule has 0 amide bonds. The van der Waals surface area contributed by atoms with Crippen molar-refractivity contribution in [3.8, 4) is 0 Å². The van der Waals surface area contributed by atoms with Crippen LogP contribution in [0.4, 0.5) is 0 Å². The molecule has 0 atom stereocenters. The van der Waals surface area contributed by atoms with E-state index in [0.717, 1.165) is 4.57 Å². The summed E-state index contributed by atoms with van der Waals surface area (Å²) in [5, 5.41) is 0.0847. The number of halogens is 1. The van der Waals surface area contributed by atoms with Crippen LogP contribution in [-0.4, -0.2) is 22.3 Å². The van der Waals surface area contributed by atoms with Crippen LogP contribution in [0.5, 0.6) is 0 Å². The van der Waals surface area contributed by atoms with Crippen molar-refractivity contribution >= 4 is 11.6 Å². The van der Waals surface area contributed by atoms with E-state index in [1.807, 2.05) is 0 Å². The molecule has 0 aliphatic rings. The van der Waals surface area contributed by atoms with E-state index < -0.39 is 11.3 Å². The molecule has 0 radical (unpaired) electrons. The molecule has 90 valence electrons. The van der Waals surface area contributed by atoms with Gasteiger partial charge in [-0.1, -0.05) is 11.6 Å². The van der Waals surface area contributed by atoms with Gasteiger partial charge in [0, 0.05) is 12.7 Å². The van der Waals surface area contributed by atoms with E-state index in [4.69, 9.17) is 16.3 Å². The Kier molecular flexibility index (Phi) is 3.60. The molecule has 0 aliphatic carbocycles. The number of H-pyrrole nitrogens is 1. The molecule has 1 N–H and O–H groups in total. The third kappa shape index (κ3) is 2.54. The summed E-state index contributed by atoms with van der Waals surface area (Å²) >= 11 is 5.70. The maximum absolute atomic E-state index is 11.8. The van der Waals surface area contributed by atoms with Crippen LogP contribution < -0.4 is 11.2 Å². The number of methoxy groups -OCH3 is 1. The van der Waals surface area contributed by atoms with Crippen LogP contribution in [0.25, 0.3) is 0 Å². The Morgan fingerprint density at radius 3 is 2.50 bits per heavy atom. The molecule has 0 unspecified atom stereocenters. The highest BCUT2D eigenvalue weighted by atomic mass is 35.5. The summed E-state index contributed by atoms with van der Waals surface area (Å²) in [6.45, 7) is 5.33. The number of nitrogens with one attached hydrogen (secondary N) is 1. The molecule has 0 aliphatic heterocycles. The predicted octanol–water partition coefficient (Wildman–Crippen LogP) is 0.923. The predicted molar refractivity (Wildman–Crippen MR) is 62.2 cm³/mol. The highest BCUT2D eigenvalue weighted by Gasteiger charge is 2.20. The standard InChI is InChI=1S/C10H15ClN2O3/c1-6-7(11)12-9(15)13(8(6)14)5-10(2,3)16-4/h5H2,1-4H3,(H,12,15). The lowest BCUT2D eigenvalue weighted by molar-refractivity contribution is 0.00633. The van der Waals surface area contributed by atoms with E-state index in [1.54, 1.807) is 20.8 Å². The summed E-state index contributed by atoms with van der Waals surface area (Å²) in [5.41, 5.74) is -1.17. The summed E-state index contributed by atoms with van der Waals surface area (Å²) in [4.78, 5) is 25.8. The minimum Gasteiger partial charge on any atom is -0.377 e. The molecule has 1 aromatic rings. The summed E-state index contributed by atoms with van der Waals surface area (Å²) in [6, 6.07) is 0. The van der Waals surface area contributed by atoms with Crippen molar-refractivity contribution < 1.29 is 4.74 Å². The molecule has 1 rings (SSSR count). The Morgan fingerprint density at radius 2 is 2.00 bits per heavy atom. The van der Waals surface area contributed by atoms with Crippen LogP contribution in [0, 0.1) is 6.92 Å². The lowest BCUT2D eigenvalue weighted by atomic mass is 10.1. The normalized spacial score (nSPS) is 11.8. The zero-order valence-electron chi connectivity index (χ0n) is 9.76. The third-order valence-electron chi connectivity index (χ3n) is 2.45. The average Bonchev–Trinajstić information content (AvgIpc) is 2.21. The lowest BCUT2D eigenvalue weighted by Gasteiger charge is -2.23. The Balaban J connectivity index is 3.32. The molecule has 0 saturated heterocycles. The van der Waals surface area contributed by atoms with Crippen LogP contribution in [0.15, 0.2) is 9.59 Å². The van der Waals surface area contributed by atoms with Gasteiger partial charge in [0.2, 0.25) is 0 Å². The van der Waals surface area contributed by atoms with Gasteiger partial charge in [0.15, 0.2) is 0 Å². The first-order valence-electron chi connectivity index (χ1n) is 4.83. The van der Waals surface area contributed by atoms with Crippen molar-refractivity contribution in [2.45, 2.75) is 32.9 Å². The number of aromatic nitrogens is 2. The average molecular weight is 247 g/mol. The Morgan fingerprint density at radius 1 is 1.44 bits per heavy atom. The molecule has 16 heavy (non-hydrogen) atoms. The van der Waals surface area contributed by atoms with Crippen LogP contribution in [0.2, 0.25) is 5.15 Å². The maximum Gasteiger partial charge on any atom is 0.329 e. The second kappa shape index (κ2) is 4.43. The van der Waals surface area contributed by atoms with E-state index in [-0.39, 0.29) is 17.3 Å². The molecule has 0 bridgehead atoms. The van der Waals surface area contributed by atoms with Gasteiger partial charge in [0.25, 0.3) is 5.56 Å². The quantitative estimate of drug-likeness (QED) is 0.807. The van der Waals surface area contributed by atoms with Gasteiger partial charge in [0.1, 0.15) is 5.15 Å². The van der Waals surface area contributed by atoms with E-state index in [2.05, 4.69) is 4.98 Å². The minimum atomic E-state index is -0.586. The second-order valence-electron chi connectivity index (χ2n) is 4.22. The number of nitrogens with zero attached hydrogens (tertiary/aromatic N) is 1. The molecular formula is C10H15ClN2O3. The SMILES string of the molecule is COC(C)(C)Cn1c(=O)[nH]c(Cl)c(C)c1=O. The number of hydrogen-bond donors (Lipinski definition) is 1. The maximum atomic E-state index is 11.8. The van der Waals surface area contributed by atoms with Gasteiger partial charge in [-0.2, -0.15) is 0 Å². The molecule has 1 heterocycles. The Bertz CT molecular complexity index is 502. The van der Waals surface area contributed by atoms with Crippen molar-refractivity contribution in [1.82, 2.24) is 9.55 Å². The van der Waals surface area contributed by atoms with Gasteiger partial charge in [-0.25, -0.2) is 4.79 Å². The van der Waals surface area contributed by atoms with E-state index in [1.165, 1.54) is 7.11 Å². The van der Waals surface area contributed by atoms with Gasteiger partial charge < -0.3 is 4.74 Å². The minimum absolute atomic E-state index is 0.0847. The first-order chi connectivity index (χ1) is 7.28. The van der Waals surface area contributed by atoms with E-state index in [9.17, 15) is 9.59 Å². The number of aromatic amines is 1. The number of hydrogen-bond acceptors (Lipinski definition) is 3. The molecule has 0 aromatic carbocycles. The van der Waals surface area contributed by atoms with Crippen LogP contribution in [0.3, 0.4) is 0 Å². The van der Waals surface area contributed by atoms with Crippen LogP contribution in [-0.2, 0) is 11.3 Å². The van der Waals surface area contributed by atoms with Crippen LogP contribution >= 0.6 is 11.6 Å². The van der Waals surface area contributed by atoms with Crippen molar-refractivity contribution in [1.29, 1.82) is 0 Å². The van der Waals surface area contributed by atoms with Crippen molar-refractivity contribution in [2.24, 2.45) is 0 Å². The molecule has 5 nitrogen and oxygen atoms in total. The lowest BCUT2D eigenvalue weighted by Crippen LogP contribution is -2.43. The highest BCUT2D eigenvalue weighted by molar-refractivity contribution is 6.30. The summed E-state index contributed by atoms with van der Waals surface area (Å²) in [6.07, 6.45) is 0. The fourth-order valence-corrected chi connectivity index (χ4v) is 1.39. The Labute approximate surface area is 98.0 Å². The smallest absolute Gasteiger partial charge is 0.329 e. The first kappa shape index (κ1) is 13.0. The number of rotatable bonds is 3. The van der Waals surface area contributed by atoms with Gasteiger partial charge in [-0.3, -0.25) is 14.3 Å². The third-order valence-corrected chi connectivity index (χ3v) is 2.83. The summed E-state index contributed by atoms with van der Waals surface area (Å²) in [7, 11) is 1.53. The van der Waals surface area contributed by atoms with Crippen molar-refractivity contribution in [3.05, 3.63) is 31.6 Å². The van der Waals surface area contributed by atoms with Gasteiger partial charge in [-0.05, 0) is 20.8 Å². The summed E-state index contributed by atoms with van der Waals surface area (Å²) in [5.74, 6) is 0. The monoisotopic (exact) mass is 246 g/mol. The van der Waals surface area contributed by atoms with Gasteiger partial charge in [-0.15, -0.1) is 0 Å². The zero-order valence-corrected chi connectivity index (χ0v) is 10.5. The van der Waals surface area contributed by atoms with Crippen molar-refractivity contribution in [2.75, 3.05) is 7.11 Å². The number of ether oxygens (including phenoxy) is 1. The van der Waals surface area contributed by atoms with Gasteiger partial charge in [0.05, 0.1) is 12.1 Å². The van der Waals surface area contributed by atoms with Crippen LogP contribution in [0.1, 0.15) is 19.4 Å². The molecular weight excluding hydrogens is 232 g/mol. The first-order valence-corrected chi connectivity index (χ1v) is 5.20. The largest absolute Gasteiger partial charge is 0.377 e. The fraction of sp³-hybridized carbons (Fsp3) is 0.600. The highest BCUT2D eigenvalue weighted by Crippen LogP contribution is 2.09. The molecule has 0 saturated carbocycles. The summed E-state index contributed by atoms with van der Waals surface area (Å²) < 4.78 is 6.26. The fourth-order valence-electron chi connectivity index (χ4n) is 1.23. The molecule has 1 aromatic heterocycles. The zero-order chi connectivity index (χ0) is 12.5. The molecule has 0 fully saturated rings. The topological polar surface area (TPSA) is 64.1 Å².